The molecule has 1 atom stereocenters. The predicted octanol–water partition coefficient (Wildman–Crippen LogP) is 3.03. The number of nitrogens with two attached hydrogens (primary N) is 1. The van der Waals surface area contributed by atoms with E-state index in [4.69, 9.17) is 5.73 Å². The number of hydrogen-bond donors (Lipinski definition) is 2. The van der Waals surface area contributed by atoms with Crippen molar-refractivity contribution in [2.24, 2.45) is 5.92 Å². The third-order valence-electron chi connectivity index (χ3n) is 4.02. The summed E-state index contributed by atoms with van der Waals surface area (Å²) in [5.74, 6) is 0.104. The quantitative estimate of drug-likeness (QED) is 0.688. The fourth-order valence-electron chi connectivity index (χ4n) is 2.76. The van der Waals surface area contributed by atoms with Crippen molar-refractivity contribution in [2.45, 2.75) is 58.4 Å². The van der Waals surface area contributed by atoms with Gasteiger partial charge in [0.05, 0.1) is 6.33 Å². The molecule has 1 unspecified atom stereocenters. The zero-order valence-electron chi connectivity index (χ0n) is 13.8. The molecule has 7 nitrogen and oxygen atoms in total. The lowest BCUT2D eigenvalue weighted by Crippen LogP contribution is -2.19. The summed E-state index contributed by atoms with van der Waals surface area (Å²) in [4.78, 5) is 23.7. The zero-order valence-corrected chi connectivity index (χ0v) is 13.8. The molecule has 0 saturated carbocycles. The first-order valence-corrected chi connectivity index (χ1v) is 8.16. The van der Waals surface area contributed by atoms with E-state index in [0.717, 1.165) is 25.2 Å². The number of imidazole rings is 1. The molecular weight excluding hydrogens is 294 g/mol. The number of aliphatic carboxylic acids is 1. The van der Waals surface area contributed by atoms with Crippen molar-refractivity contribution in [3.63, 3.8) is 0 Å². The van der Waals surface area contributed by atoms with Crippen LogP contribution in [0.2, 0.25) is 0 Å². The summed E-state index contributed by atoms with van der Waals surface area (Å²) in [7, 11) is 0. The Morgan fingerprint density at radius 1 is 1.17 bits per heavy atom. The van der Waals surface area contributed by atoms with E-state index in [-0.39, 0.29) is 5.82 Å². The second-order valence-electron chi connectivity index (χ2n) is 6.32. The van der Waals surface area contributed by atoms with E-state index in [1.165, 1.54) is 25.5 Å². The highest BCUT2D eigenvalue weighted by Crippen LogP contribution is 2.24. The summed E-state index contributed by atoms with van der Waals surface area (Å²) in [6, 6.07) is -0.682. The maximum absolute atomic E-state index is 11.6. The normalized spacial score (nSPS) is 12.8. The van der Waals surface area contributed by atoms with Crippen LogP contribution in [0.1, 0.15) is 58.4 Å². The van der Waals surface area contributed by atoms with Gasteiger partial charge in [0, 0.05) is 0 Å². The van der Waals surface area contributed by atoms with Crippen LogP contribution in [0.3, 0.4) is 0 Å². The van der Waals surface area contributed by atoms with Crippen LogP contribution in [-0.4, -0.2) is 30.6 Å². The Labute approximate surface area is 136 Å². The van der Waals surface area contributed by atoms with E-state index >= 15 is 0 Å². The van der Waals surface area contributed by atoms with Crippen LogP contribution < -0.4 is 5.73 Å². The number of fused-ring (bicyclic) bond motifs is 1. The van der Waals surface area contributed by atoms with Gasteiger partial charge in [0.2, 0.25) is 0 Å². The summed E-state index contributed by atoms with van der Waals surface area (Å²) in [6.07, 6.45) is 8.84. The average Bonchev–Trinajstić information content (AvgIpc) is 2.91. The maximum atomic E-state index is 11.6. The molecule has 126 valence electrons. The number of carboxylic acids is 1. The Hall–Kier alpha value is -2.18. The molecule has 0 aromatic carbocycles. The summed E-state index contributed by atoms with van der Waals surface area (Å²) >= 11 is 0. The fourth-order valence-corrected chi connectivity index (χ4v) is 2.76. The third-order valence-corrected chi connectivity index (χ3v) is 4.02. The van der Waals surface area contributed by atoms with Gasteiger partial charge in [-0.15, -0.1) is 0 Å². The number of anilines is 1. The standard InChI is InChI=1S/C16H25N5O2/c1-11(2)7-5-3-4-6-8-12(16(22)23)21-10-20-15-13(21)14(17)18-9-19-15/h9-12H,3-8H2,1-2H3,(H,22,23)(H2,17,18,19). The number of nitrogen functional groups attached to an aromatic ring is 1. The van der Waals surface area contributed by atoms with Crippen LogP contribution in [0, 0.1) is 5.92 Å². The first-order valence-electron chi connectivity index (χ1n) is 8.16. The molecule has 3 N–H and O–H groups in total. The highest BCUT2D eigenvalue weighted by atomic mass is 16.4. The summed E-state index contributed by atoms with van der Waals surface area (Å²) in [5.41, 5.74) is 6.79. The van der Waals surface area contributed by atoms with Crippen molar-refractivity contribution in [1.29, 1.82) is 0 Å². The van der Waals surface area contributed by atoms with Crippen LogP contribution in [0.4, 0.5) is 5.82 Å². The maximum Gasteiger partial charge on any atom is 0.326 e. The van der Waals surface area contributed by atoms with Gasteiger partial charge in [0.1, 0.15) is 17.9 Å². The number of hydrogen-bond acceptors (Lipinski definition) is 5. The lowest BCUT2D eigenvalue weighted by atomic mass is 10.0. The molecule has 0 aliphatic heterocycles. The monoisotopic (exact) mass is 319 g/mol. The minimum atomic E-state index is -0.880. The lowest BCUT2D eigenvalue weighted by molar-refractivity contribution is -0.141. The van der Waals surface area contributed by atoms with Gasteiger partial charge in [-0.2, -0.15) is 0 Å². The average molecular weight is 319 g/mol. The Bertz CT molecular complexity index is 653. The number of unbranched alkanes of at least 4 members (excludes halogenated alkanes) is 3. The van der Waals surface area contributed by atoms with Crippen molar-refractivity contribution in [3.8, 4) is 0 Å². The third kappa shape index (κ3) is 4.40. The molecule has 0 amide bonds. The molecular formula is C16H25N5O2. The number of nitrogens with zero attached hydrogens (tertiary/aromatic N) is 4. The smallest absolute Gasteiger partial charge is 0.326 e. The van der Waals surface area contributed by atoms with Crippen LogP contribution >= 0.6 is 0 Å². The zero-order chi connectivity index (χ0) is 16.8. The second kappa shape index (κ2) is 7.89. The van der Waals surface area contributed by atoms with Crippen LogP contribution in [-0.2, 0) is 4.79 Å². The Morgan fingerprint density at radius 3 is 2.52 bits per heavy atom. The second-order valence-corrected chi connectivity index (χ2v) is 6.32. The molecule has 2 rings (SSSR count). The predicted molar refractivity (Wildman–Crippen MR) is 88.9 cm³/mol. The van der Waals surface area contributed by atoms with Gasteiger partial charge in [-0.3, -0.25) is 0 Å². The fraction of sp³-hybridized carbons (Fsp3) is 0.625. The number of carboxylic acid groups (broad SMARTS) is 1. The van der Waals surface area contributed by atoms with Crippen molar-refractivity contribution < 1.29 is 9.90 Å². The van der Waals surface area contributed by atoms with Crippen molar-refractivity contribution in [2.75, 3.05) is 5.73 Å². The van der Waals surface area contributed by atoms with Gasteiger partial charge in [-0.1, -0.05) is 46.0 Å². The summed E-state index contributed by atoms with van der Waals surface area (Å²) < 4.78 is 1.58. The molecule has 7 heteroatoms. The Balaban J connectivity index is 2.00. The van der Waals surface area contributed by atoms with Crippen molar-refractivity contribution in [1.82, 2.24) is 19.5 Å². The molecule has 2 heterocycles. The molecule has 0 radical (unpaired) electrons. The topological polar surface area (TPSA) is 107 Å². The molecule has 0 fully saturated rings. The molecule has 23 heavy (non-hydrogen) atoms. The van der Waals surface area contributed by atoms with Gasteiger partial charge < -0.3 is 15.4 Å². The van der Waals surface area contributed by atoms with E-state index in [1.807, 2.05) is 0 Å². The molecule has 2 aromatic heterocycles. The van der Waals surface area contributed by atoms with Gasteiger partial charge in [0.25, 0.3) is 0 Å². The highest BCUT2D eigenvalue weighted by molar-refractivity contribution is 5.84. The molecule has 0 saturated heterocycles. The molecule has 0 aliphatic carbocycles. The first kappa shape index (κ1) is 17.2. The SMILES string of the molecule is CC(C)CCCCCCC(C(=O)O)n1cnc2ncnc(N)c21. The van der Waals surface area contributed by atoms with Crippen LogP contribution in [0.5, 0.6) is 0 Å². The number of aromatic nitrogens is 4. The number of rotatable bonds is 9. The first-order chi connectivity index (χ1) is 11.0. The van der Waals surface area contributed by atoms with Crippen molar-refractivity contribution >= 4 is 23.0 Å². The van der Waals surface area contributed by atoms with E-state index < -0.39 is 12.0 Å². The molecule has 0 bridgehead atoms. The van der Waals surface area contributed by atoms with E-state index in [2.05, 4.69) is 28.8 Å². The van der Waals surface area contributed by atoms with E-state index in [0.29, 0.717) is 17.6 Å². The van der Waals surface area contributed by atoms with Crippen LogP contribution in [0.15, 0.2) is 12.7 Å². The van der Waals surface area contributed by atoms with Gasteiger partial charge in [-0.05, 0) is 12.3 Å². The van der Waals surface area contributed by atoms with E-state index in [1.54, 1.807) is 4.57 Å². The summed E-state index contributed by atoms with van der Waals surface area (Å²) in [5, 5.41) is 9.54. The Morgan fingerprint density at radius 2 is 1.87 bits per heavy atom. The van der Waals surface area contributed by atoms with Crippen LogP contribution in [0.25, 0.3) is 11.2 Å². The Kier molecular flexibility index (Phi) is 5.90. The lowest BCUT2D eigenvalue weighted by Gasteiger charge is -2.15. The van der Waals surface area contributed by atoms with Gasteiger partial charge in [0.15, 0.2) is 11.5 Å². The minimum Gasteiger partial charge on any atom is -0.480 e. The molecule has 2 aromatic rings. The molecule has 0 aliphatic rings. The minimum absolute atomic E-state index is 0.260. The van der Waals surface area contributed by atoms with E-state index in [9.17, 15) is 9.90 Å². The van der Waals surface area contributed by atoms with Crippen molar-refractivity contribution in [3.05, 3.63) is 12.7 Å². The number of carbonyl (C=O) groups is 1. The highest BCUT2D eigenvalue weighted by Gasteiger charge is 2.22. The molecule has 0 spiro atoms. The summed E-state index contributed by atoms with van der Waals surface area (Å²) in [6.45, 7) is 4.44. The van der Waals surface area contributed by atoms with Gasteiger partial charge >= 0.3 is 5.97 Å². The largest absolute Gasteiger partial charge is 0.480 e. The van der Waals surface area contributed by atoms with Gasteiger partial charge in [-0.25, -0.2) is 19.7 Å².